The number of pyridine rings is 3. The van der Waals surface area contributed by atoms with E-state index in [-0.39, 0.29) is 0 Å². The molecule has 0 spiro atoms. The second-order valence-corrected chi connectivity index (χ2v) is 8.90. The van der Waals surface area contributed by atoms with Crippen molar-refractivity contribution in [1.82, 2.24) is 15.0 Å². The molecule has 0 aliphatic carbocycles. The highest BCUT2D eigenvalue weighted by atomic mass is 14.8. The van der Waals surface area contributed by atoms with E-state index in [1.165, 1.54) is 0 Å². The topological polar surface area (TPSA) is 38.7 Å². The summed E-state index contributed by atoms with van der Waals surface area (Å²) >= 11 is 0. The molecule has 0 fully saturated rings. The third-order valence-electron chi connectivity index (χ3n) is 6.73. The van der Waals surface area contributed by atoms with E-state index in [0.29, 0.717) is 0 Å². The van der Waals surface area contributed by atoms with Crippen LogP contribution in [0.1, 0.15) is 22.4 Å². The van der Waals surface area contributed by atoms with Gasteiger partial charge in [0.2, 0.25) is 0 Å². The van der Waals surface area contributed by atoms with Crippen LogP contribution in [0, 0.1) is 0 Å². The summed E-state index contributed by atoms with van der Waals surface area (Å²) in [6, 6.07) is 48.1. The zero-order chi connectivity index (χ0) is 24.9. The monoisotopic (exact) mass is 475 g/mol. The van der Waals surface area contributed by atoms with Crippen LogP contribution in [0.4, 0.5) is 0 Å². The van der Waals surface area contributed by atoms with Crippen molar-refractivity contribution in [2.24, 2.45) is 0 Å². The fourth-order valence-electron chi connectivity index (χ4n) is 5.07. The minimum atomic E-state index is -0.655. The lowest BCUT2D eigenvalue weighted by Crippen LogP contribution is -2.32. The van der Waals surface area contributed by atoms with E-state index in [4.69, 9.17) is 4.98 Å². The number of hydrogen-bond donors (Lipinski definition) is 0. The molecule has 0 saturated carbocycles. The summed E-state index contributed by atoms with van der Waals surface area (Å²) in [6.07, 6.45) is 3.64. The molecule has 0 radical (unpaired) electrons. The van der Waals surface area contributed by atoms with Crippen molar-refractivity contribution in [2.45, 2.75) is 5.41 Å². The van der Waals surface area contributed by atoms with Crippen molar-refractivity contribution < 1.29 is 0 Å². The summed E-state index contributed by atoms with van der Waals surface area (Å²) < 4.78 is 0. The first-order chi connectivity index (χ1) is 18.4. The van der Waals surface area contributed by atoms with Crippen LogP contribution in [0.3, 0.4) is 0 Å². The van der Waals surface area contributed by atoms with Crippen LogP contribution in [-0.2, 0) is 5.41 Å². The highest BCUT2D eigenvalue weighted by Crippen LogP contribution is 2.45. The Kier molecular flexibility index (Phi) is 6.10. The van der Waals surface area contributed by atoms with Gasteiger partial charge in [-0.05, 0) is 59.2 Å². The Balaban J connectivity index is 1.68. The smallest absolute Gasteiger partial charge is 0.0890 e. The second-order valence-electron chi connectivity index (χ2n) is 8.90. The first kappa shape index (κ1) is 22.6. The van der Waals surface area contributed by atoms with Gasteiger partial charge in [-0.1, -0.05) is 97.1 Å². The molecule has 176 valence electrons. The van der Waals surface area contributed by atoms with Crippen molar-refractivity contribution >= 4 is 0 Å². The minimum absolute atomic E-state index is 0.655. The fourth-order valence-corrected chi connectivity index (χ4v) is 5.07. The number of hydrogen-bond acceptors (Lipinski definition) is 3. The van der Waals surface area contributed by atoms with E-state index in [0.717, 1.165) is 45.0 Å². The Morgan fingerprint density at radius 2 is 0.946 bits per heavy atom. The number of aromatic nitrogens is 3. The molecule has 0 saturated heterocycles. The molecule has 3 nitrogen and oxygen atoms in total. The van der Waals surface area contributed by atoms with Gasteiger partial charge < -0.3 is 0 Å². The van der Waals surface area contributed by atoms with E-state index in [2.05, 4.69) is 107 Å². The van der Waals surface area contributed by atoms with Gasteiger partial charge in [-0.2, -0.15) is 0 Å². The average molecular weight is 476 g/mol. The lowest BCUT2D eigenvalue weighted by atomic mass is 9.66. The number of benzene rings is 3. The van der Waals surface area contributed by atoms with Crippen molar-refractivity contribution in [3.63, 3.8) is 0 Å². The summed E-state index contributed by atoms with van der Waals surface area (Å²) in [5, 5.41) is 0. The standard InChI is InChI=1S/C34H25N3/c1-3-14-27(15-4-1)34(28-16-5-2-6-17-28,29-18-11-13-26(25-29)30-19-7-9-23-35-30)33-22-12-21-32(37-33)31-20-8-10-24-36-31/h1-25H. The van der Waals surface area contributed by atoms with Gasteiger partial charge in [-0.25, -0.2) is 4.98 Å². The van der Waals surface area contributed by atoms with Gasteiger partial charge in [-0.3, -0.25) is 9.97 Å². The first-order valence-electron chi connectivity index (χ1n) is 12.4. The molecule has 3 heterocycles. The molecule has 0 aliphatic heterocycles. The summed E-state index contributed by atoms with van der Waals surface area (Å²) in [6.45, 7) is 0. The zero-order valence-electron chi connectivity index (χ0n) is 20.3. The molecule has 3 heteroatoms. The van der Waals surface area contributed by atoms with E-state index in [1.807, 2.05) is 54.9 Å². The predicted molar refractivity (Wildman–Crippen MR) is 149 cm³/mol. The maximum absolute atomic E-state index is 5.27. The summed E-state index contributed by atoms with van der Waals surface area (Å²) in [5.74, 6) is 0. The van der Waals surface area contributed by atoms with Crippen molar-refractivity contribution in [2.75, 3.05) is 0 Å². The molecule has 0 N–H and O–H groups in total. The molecule has 0 bridgehead atoms. The van der Waals surface area contributed by atoms with Crippen molar-refractivity contribution in [3.05, 3.63) is 174 Å². The van der Waals surface area contributed by atoms with Crippen LogP contribution in [0.5, 0.6) is 0 Å². The molecule has 0 aliphatic rings. The quantitative estimate of drug-likeness (QED) is 0.233. The summed E-state index contributed by atoms with van der Waals surface area (Å²) in [4.78, 5) is 14.5. The lowest BCUT2D eigenvalue weighted by Gasteiger charge is -2.36. The second kappa shape index (κ2) is 10.00. The van der Waals surface area contributed by atoms with Gasteiger partial charge in [0.15, 0.2) is 0 Å². The fraction of sp³-hybridized carbons (Fsp3) is 0.0294. The minimum Gasteiger partial charge on any atom is -0.256 e. The molecule has 3 aromatic heterocycles. The Bertz CT molecular complexity index is 1470. The normalized spacial score (nSPS) is 11.2. The van der Waals surface area contributed by atoms with Crippen LogP contribution >= 0.6 is 0 Å². The Labute approximate surface area is 217 Å². The van der Waals surface area contributed by atoms with Crippen LogP contribution < -0.4 is 0 Å². The van der Waals surface area contributed by atoms with E-state index in [1.54, 1.807) is 0 Å². The largest absolute Gasteiger partial charge is 0.256 e. The van der Waals surface area contributed by atoms with Gasteiger partial charge in [0.1, 0.15) is 0 Å². The van der Waals surface area contributed by atoms with Gasteiger partial charge >= 0.3 is 0 Å². The van der Waals surface area contributed by atoms with Gasteiger partial charge in [0.05, 0.1) is 28.2 Å². The Morgan fingerprint density at radius 3 is 1.57 bits per heavy atom. The highest BCUT2D eigenvalue weighted by Gasteiger charge is 2.40. The van der Waals surface area contributed by atoms with Gasteiger partial charge in [0, 0.05) is 18.0 Å². The first-order valence-corrected chi connectivity index (χ1v) is 12.4. The van der Waals surface area contributed by atoms with Crippen LogP contribution in [0.25, 0.3) is 22.6 Å². The van der Waals surface area contributed by atoms with Crippen LogP contribution in [0.15, 0.2) is 152 Å². The number of nitrogens with zero attached hydrogens (tertiary/aromatic N) is 3. The van der Waals surface area contributed by atoms with Crippen LogP contribution in [0.2, 0.25) is 0 Å². The maximum Gasteiger partial charge on any atom is 0.0890 e. The maximum atomic E-state index is 5.27. The van der Waals surface area contributed by atoms with Crippen molar-refractivity contribution in [3.8, 4) is 22.6 Å². The van der Waals surface area contributed by atoms with Gasteiger partial charge in [0.25, 0.3) is 0 Å². The molecule has 0 unspecified atom stereocenters. The molecular weight excluding hydrogens is 450 g/mol. The van der Waals surface area contributed by atoms with Gasteiger partial charge in [-0.15, -0.1) is 0 Å². The third kappa shape index (κ3) is 4.21. The predicted octanol–water partition coefficient (Wildman–Crippen LogP) is 7.59. The molecule has 37 heavy (non-hydrogen) atoms. The number of rotatable bonds is 6. The summed E-state index contributed by atoms with van der Waals surface area (Å²) in [5.41, 5.74) is 7.39. The lowest BCUT2D eigenvalue weighted by molar-refractivity contribution is 0.715. The molecule has 6 rings (SSSR count). The SMILES string of the molecule is c1ccc(C(c2ccccc2)(c2cccc(-c3ccccn3)c2)c2cccc(-c3ccccn3)n2)cc1. The van der Waals surface area contributed by atoms with Crippen LogP contribution in [-0.4, -0.2) is 15.0 Å². The van der Waals surface area contributed by atoms with Crippen molar-refractivity contribution in [1.29, 1.82) is 0 Å². The summed E-state index contributed by atoms with van der Waals surface area (Å²) in [7, 11) is 0. The van der Waals surface area contributed by atoms with E-state index in [9.17, 15) is 0 Å². The molecule has 0 atom stereocenters. The molecular formula is C34H25N3. The highest BCUT2D eigenvalue weighted by molar-refractivity contribution is 5.66. The Morgan fingerprint density at radius 1 is 0.405 bits per heavy atom. The third-order valence-corrected chi connectivity index (χ3v) is 6.73. The van der Waals surface area contributed by atoms with E-state index < -0.39 is 5.41 Å². The average Bonchev–Trinajstić information content (AvgIpc) is 3.00. The molecule has 0 amide bonds. The molecule has 6 aromatic rings. The van der Waals surface area contributed by atoms with E-state index >= 15 is 0 Å². The zero-order valence-corrected chi connectivity index (χ0v) is 20.3. The Hall–Kier alpha value is -4.89. The molecule has 3 aromatic carbocycles.